The van der Waals surface area contributed by atoms with E-state index >= 15 is 0 Å². The monoisotopic (exact) mass is 236 g/mol. The van der Waals surface area contributed by atoms with Gasteiger partial charge in [-0.2, -0.15) is 0 Å². The van der Waals surface area contributed by atoms with E-state index in [1.165, 1.54) is 6.33 Å². The third-order valence-electron chi connectivity index (χ3n) is 2.85. The summed E-state index contributed by atoms with van der Waals surface area (Å²) in [6, 6.07) is 0. The third kappa shape index (κ3) is 1.48. The Hall–Kier alpha value is -1.49. The quantitative estimate of drug-likeness (QED) is 0.741. The van der Waals surface area contributed by atoms with Crippen molar-refractivity contribution in [1.82, 2.24) is 19.5 Å². The molecule has 0 unspecified atom stereocenters. The predicted molar refractivity (Wildman–Crippen MR) is 58.1 cm³/mol. The maximum Gasteiger partial charge on any atom is 0.182 e. The molecule has 1 fully saturated rings. The zero-order valence-electron chi connectivity index (χ0n) is 8.43. The van der Waals surface area contributed by atoms with Crippen molar-refractivity contribution >= 4 is 28.5 Å². The fourth-order valence-corrected chi connectivity index (χ4v) is 2.24. The highest BCUT2D eigenvalue weighted by atomic mass is 35.5. The van der Waals surface area contributed by atoms with Gasteiger partial charge in [0.1, 0.15) is 17.6 Å². The van der Waals surface area contributed by atoms with Crippen LogP contribution in [0.5, 0.6) is 0 Å². The molecule has 0 N–H and O–H groups in total. The Morgan fingerprint density at radius 1 is 1.38 bits per heavy atom. The van der Waals surface area contributed by atoms with E-state index in [-0.39, 0.29) is 0 Å². The van der Waals surface area contributed by atoms with E-state index in [0.29, 0.717) is 35.3 Å². The summed E-state index contributed by atoms with van der Waals surface area (Å²) in [6.45, 7) is 0.759. The normalized spacial score (nSPS) is 16.7. The lowest BCUT2D eigenvalue weighted by Gasteiger charge is -2.24. The van der Waals surface area contributed by atoms with Crippen LogP contribution in [0.15, 0.2) is 12.7 Å². The molecule has 0 aromatic carbocycles. The first-order valence-corrected chi connectivity index (χ1v) is 5.45. The van der Waals surface area contributed by atoms with Crippen LogP contribution in [0.3, 0.4) is 0 Å². The highest BCUT2D eigenvalue weighted by Gasteiger charge is 2.27. The Kier molecular flexibility index (Phi) is 2.14. The van der Waals surface area contributed by atoms with Crippen LogP contribution in [0.1, 0.15) is 12.8 Å². The SMILES string of the molecule is O=C1CC(Cn2cnc3ncnc(Cl)c32)C1. The fraction of sp³-hybridized carbons (Fsp3) is 0.400. The largest absolute Gasteiger partial charge is 0.326 e. The summed E-state index contributed by atoms with van der Waals surface area (Å²) in [6.07, 6.45) is 4.42. The molecule has 0 bridgehead atoms. The Balaban J connectivity index is 1.94. The number of carbonyl (C=O) groups excluding carboxylic acids is 1. The second-order valence-electron chi connectivity index (χ2n) is 4.05. The Morgan fingerprint density at radius 3 is 2.94 bits per heavy atom. The number of nitrogens with zero attached hydrogens (tertiary/aromatic N) is 4. The van der Waals surface area contributed by atoms with Crippen LogP contribution in [0.2, 0.25) is 5.15 Å². The maximum atomic E-state index is 10.9. The van der Waals surface area contributed by atoms with Gasteiger partial charge in [-0.3, -0.25) is 4.79 Å². The molecule has 0 spiro atoms. The van der Waals surface area contributed by atoms with Crippen LogP contribution >= 0.6 is 11.6 Å². The number of halogens is 1. The van der Waals surface area contributed by atoms with E-state index in [4.69, 9.17) is 11.6 Å². The molecular weight excluding hydrogens is 228 g/mol. The molecule has 16 heavy (non-hydrogen) atoms. The zero-order valence-corrected chi connectivity index (χ0v) is 9.18. The lowest BCUT2D eigenvalue weighted by atomic mass is 9.84. The van der Waals surface area contributed by atoms with Gasteiger partial charge in [-0.25, -0.2) is 15.0 Å². The van der Waals surface area contributed by atoms with Crippen molar-refractivity contribution in [1.29, 1.82) is 0 Å². The molecule has 3 rings (SSSR count). The second kappa shape index (κ2) is 3.52. The first-order valence-electron chi connectivity index (χ1n) is 5.07. The molecule has 1 saturated carbocycles. The summed E-state index contributed by atoms with van der Waals surface area (Å²) in [5.41, 5.74) is 1.36. The predicted octanol–water partition coefficient (Wildman–Crippen LogP) is 1.46. The highest BCUT2D eigenvalue weighted by molar-refractivity contribution is 6.33. The summed E-state index contributed by atoms with van der Waals surface area (Å²) in [7, 11) is 0. The number of carbonyl (C=O) groups is 1. The van der Waals surface area contributed by atoms with Crippen LogP contribution in [0.25, 0.3) is 11.2 Å². The second-order valence-corrected chi connectivity index (χ2v) is 4.40. The van der Waals surface area contributed by atoms with Crippen molar-refractivity contribution < 1.29 is 4.79 Å². The van der Waals surface area contributed by atoms with Gasteiger partial charge in [0.25, 0.3) is 0 Å². The molecule has 1 aliphatic carbocycles. The van der Waals surface area contributed by atoms with E-state index in [9.17, 15) is 4.79 Å². The van der Waals surface area contributed by atoms with Crippen LogP contribution in [0.4, 0.5) is 0 Å². The van der Waals surface area contributed by atoms with E-state index in [1.54, 1.807) is 6.33 Å². The van der Waals surface area contributed by atoms with Crippen molar-refractivity contribution in [3.05, 3.63) is 17.8 Å². The fourth-order valence-electron chi connectivity index (χ4n) is 2.00. The van der Waals surface area contributed by atoms with E-state index in [1.807, 2.05) is 4.57 Å². The number of fused-ring (bicyclic) bond motifs is 1. The zero-order chi connectivity index (χ0) is 11.1. The lowest BCUT2D eigenvalue weighted by molar-refractivity contribution is -0.127. The molecule has 0 aliphatic heterocycles. The number of ketones is 1. The molecule has 0 saturated heterocycles. The van der Waals surface area contributed by atoms with Crippen molar-refractivity contribution in [2.75, 3.05) is 0 Å². The molecule has 2 aromatic rings. The molecule has 82 valence electrons. The minimum atomic E-state index is 0.330. The molecule has 0 atom stereocenters. The van der Waals surface area contributed by atoms with Gasteiger partial charge in [-0.15, -0.1) is 0 Å². The number of rotatable bonds is 2. The number of Topliss-reactive ketones (excluding diaryl/α,β-unsaturated/α-hetero) is 1. The van der Waals surface area contributed by atoms with Gasteiger partial charge in [0.15, 0.2) is 10.8 Å². The van der Waals surface area contributed by atoms with Crippen LogP contribution in [-0.2, 0) is 11.3 Å². The first kappa shape index (κ1) is 9.72. The molecule has 0 radical (unpaired) electrons. The van der Waals surface area contributed by atoms with Gasteiger partial charge in [0.2, 0.25) is 0 Å². The Bertz CT molecular complexity index is 557. The smallest absolute Gasteiger partial charge is 0.182 e. The van der Waals surface area contributed by atoms with Gasteiger partial charge in [-0.1, -0.05) is 11.6 Å². The topological polar surface area (TPSA) is 60.7 Å². The summed E-state index contributed by atoms with van der Waals surface area (Å²) >= 11 is 6.00. The van der Waals surface area contributed by atoms with Crippen LogP contribution in [-0.4, -0.2) is 25.3 Å². The molecule has 2 aromatic heterocycles. The maximum absolute atomic E-state index is 10.9. The number of imidazole rings is 1. The average molecular weight is 237 g/mol. The minimum absolute atomic E-state index is 0.330. The molecule has 6 heteroatoms. The van der Waals surface area contributed by atoms with Crippen molar-refractivity contribution in [2.24, 2.45) is 5.92 Å². The van der Waals surface area contributed by atoms with Gasteiger partial charge in [-0.05, 0) is 5.92 Å². The number of aromatic nitrogens is 4. The lowest BCUT2D eigenvalue weighted by Crippen LogP contribution is -2.27. The number of hydrogen-bond acceptors (Lipinski definition) is 4. The summed E-state index contributed by atoms with van der Waals surface area (Å²) in [5, 5.41) is 0.410. The van der Waals surface area contributed by atoms with Gasteiger partial charge < -0.3 is 4.57 Å². The van der Waals surface area contributed by atoms with Crippen molar-refractivity contribution in [2.45, 2.75) is 19.4 Å². The van der Waals surface area contributed by atoms with Gasteiger partial charge in [0, 0.05) is 19.4 Å². The molecule has 0 amide bonds. The average Bonchev–Trinajstić information content (AvgIpc) is 2.61. The van der Waals surface area contributed by atoms with Crippen LogP contribution < -0.4 is 0 Å². The Morgan fingerprint density at radius 2 is 2.19 bits per heavy atom. The standard InChI is InChI=1S/C10H9ClN4O/c11-9-8-10(13-4-12-9)14-5-15(8)3-6-1-7(16)2-6/h4-6H,1-3H2. The van der Waals surface area contributed by atoms with Crippen LogP contribution in [0, 0.1) is 5.92 Å². The molecule has 2 heterocycles. The summed E-state index contributed by atoms with van der Waals surface area (Å²) < 4.78 is 1.93. The van der Waals surface area contributed by atoms with Crippen molar-refractivity contribution in [3.8, 4) is 0 Å². The first-order chi connectivity index (χ1) is 7.74. The minimum Gasteiger partial charge on any atom is -0.326 e. The molecule has 1 aliphatic rings. The number of hydrogen-bond donors (Lipinski definition) is 0. The van der Waals surface area contributed by atoms with Gasteiger partial charge in [0.05, 0.1) is 6.33 Å². The third-order valence-corrected chi connectivity index (χ3v) is 3.13. The summed E-state index contributed by atoms with van der Waals surface area (Å²) in [4.78, 5) is 23.0. The molecule has 5 nitrogen and oxygen atoms in total. The Labute approximate surface area is 96.5 Å². The van der Waals surface area contributed by atoms with E-state index < -0.39 is 0 Å². The van der Waals surface area contributed by atoms with Gasteiger partial charge >= 0.3 is 0 Å². The van der Waals surface area contributed by atoms with E-state index in [2.05, 4.69) is 15.0 Å². The summed E-state index contributed by atoms with van der Waals surface area (Å²) in [5.74, 6) is 0.734. The van der Waals surface area contributed by atoms with E-state index in [0.717, 1.165) is 12.1 Å². The molecular formula is C10H9ClN4O. The highest BCUT2D eigenvalue weighted by Crippen LogP contribution is 2.27. The van der Waals surface area contributed by atoms with Crippen molar-refractivity contribution in [3.63, 3.8) is 0 Å².